The maximum atomic E-state index is 13.2. The van der Waals surface area contributed by atoms with Crippen LogP contribution in [0.5, 0.6) is 0 Å². The lowest BCUT2D eigenvalue weighted by Crippen LogP contribution is -2.17. The molecule has 0 aromatic heterocycles. The summed E-state index contributed by atoms with van der Waals surface area (Å²) in [6.45, 7) is 0.494. The molecule has 0 aliphatic carbocycles. The van der Waals surface area contributed by atoms with Crippen LogP contribution in [0.3, 0.4) is 0 Å². The average molecular weight is 222 g/mol. The molecule has 0 atom stereocenters. The molecule has 1 rings (SSSR count). The van der Waals surface area contributed by atoms with E-state index in [1.165, 1.54) is 6.92 Å². The number of alkyl halides is 2. The maximum absolute atomic E-state index is 13.2. The summed E-state index contributed by atoms with van der Waals surface area (Å²) in [7, 11) is 0. The van der Waals surface area contributed by atoms with Gasteiger partial charge in [-0.1, -0.05) is 0 Å². The van der Waals surface area contributed by atoms with Gasteiger partial charge in [-0.15, -0.1) is 0 Å². The van der Waals surface area contributed by atoms with E-state index in [9.17, 15) is 17.6 Å². The van der Waals surface area contributed by atoms with Gasteiger partial charge in [-0.05, 0) is 24.6 Å². The Bertz CT molecular complexity index is 363. The predicted octanol–water partition coefficient (Wildman–Crippen LogP) is 2.75. The van der Waals surface area contributed by atoms with Crippen LogP contribution in [-0.2, 0) is 5.92 Å². The number of benzene rings is 1. The molecule has 5 heteroatoms. The van der Waals surface area contributed by atoms with E-state index in [0.29, 0.717) is 6.07 Å². The highest BCUT2D eigenvalue weighted by Gasteiger charge is 2.34. The Hall–Kier alpha value is -1.10. The normalized spacial score (nSPS) is 11.9. The van der Waals surface area contributed by atoms with Crippen LogP contribution in [0.4, 0.5) is 17.6 Å². The van der Waals surface area contributed by atoms with Crippen molar-refractivity contribution in [3.05, 3.63) is 34.9 Å². The van der Waals surface area contributed by atoms with Gasteiger partial charge in [0.05, 0.1) is 5.56 Å². The molecule has 0 heterocycles. The van der Waals surface area contributed by atoms with Crippen LogP contribution in [0.15, 0.2) is 12.1 Å². The standard InChI is InChI=1S/C10H10F4O/c1-6-4-9(12)7(5-8(6)11)10(13,14)2-3-15/h4-5,15H,2-3H2,1H3. The Kier molecular flexibility index (Phi) is 3.34. The summed E-state index contributed by atoms with van der Waals surface area (Å²) < 4.78 is 52.4. The van der Waals surface area contributed by atoms with E-state index in [1.54, 1.807) is 0 Å². The Morgan fingerprint density at radius 3 is 2.33 bits per heavy atom. The van der Waals surface area contributed by atoms with E-state index in [-0.39, 0.29) is 5.56 Å². The second-order valence-corrected chi connectivity index (χ2v) is 3.26. The molecular formula is C10H10F4O. The van der Waals surface area contributed by atoms with Crippen LogP contribution in [0, 0.1) is 18.6 Å². The minimum Gasteiger partial charge on any atom is -0.396 e. The van der Waals surface area contributed by atoms with Crippen molar-refractivity contribution >= 4 is 0 Å². The minimum absolute atomic E-state index is 0.0314. The zero-order chi connectivity index (χ0) is 11.6. The van der Waals surface area contributed by atoms with Gasteiger partial charge in [-0.3, -0.25) is 0 Å². The zero-order valence-electron chi connectivity index (χ0n) is 8.03. The van der Waals surface area contributed by atoms with Crippen LogP contribution >= 0.6 is 0 Å². The van der Waals surface area contributed by atoms with Gasteiger partial charge in [-0.2, -0.15) is 0 Å². The van der Waals surface area contributed by atoms with Crippen LogP contribution in [0.25, 0.3) is 0 Å². The predicted molar refractivity (Wildman–Crippen MR) is 46.7 cm³/mol. The van der Waals surface area contributed by atoms with E-state index in [4.69, 9.17) is 5.11 Å². The van der Waals surface area contributed by atoms with Gasteiger partial charge in [0.2, 0.25) is 0 Å². The molecule has 0 saturated heterocycles. The molecule has 0 fully saturated rings. The summed E-state index contributed by atoms with van der Waals surface area (Å²) in [6, 6.07) is 1.19. The van der Waals surface area contributed by atoms with Crippen molar-refractivity contribution in [1.29, 1.82) is 0 Å². The molecular weight excluding hydrogens is 212 g/mol. The topological polar surface area (TPSA) is 20.2 Å². The molecule has 0 saturated carbocycles. The highest BCUT2D eigenvalue weighted by Crippen LogP contribution is 2.34. The molecule has 15 heavy (non-hydrogen) atoms. The van der Waals surface area contributed by atoms with Crippen LogP contribution < -0.4 is 0 Å². The number of aliphatic hydroxyl groups is 1. The second kappa shape index (κ2) is 4.18. The zero-order valence-corrected chi connectivity index (χ0v) is 8.03. The maximum Gasteiger partial charge on any atom is 0.278 e. The van der Waals surface area contributed by atoms with Crippen molar-refractivity contribution in [2.24, 2.45) is 0 Å². The van der Waals surface area contributed by atoms with Gasteiger partial charge in [0.25, 0.3) is 5.92 Å². The molecule has 1 aromatic carbocycles. The average Bonchev–Trinajstić information content (AvgIpc) is 2.11. The summed E-state index contributed by atoms with van der Waals surface area (Å²) >= 11 is 0. The molecule has 0 aliphatic heterocycles. The van der Waals surface area contributed by atoms with Crippen molar-refractivity contribution in [2.45, 2.75) is 19.3 Å². The highest BCUT2D eigenvalue weighted by atomic mass is 19.3. The summed E-state index contributed by atoms with van der Waals surface area (Å²) in [5, 5.41) is 8.38. The SMILES string of the molecule is Cc1cc(F)c(C(F)(F)CCO)cc1F. The summed E-state index contributed by atoms with van der Waals surface area (Å²) in [5.41, 5.74) is -1.05. The lowest BCUT2D eigenvalue weighted by atomic mass is 10.0. The Morgan fingerprint density at radius 1 is 1.20 bits per heavy atom. The summed E-state index contributed by atoms with van der Waals surface area (Å²) in [6.07, 6.45) is -0.924. The number of rotatable bonds is 3. The number of hydrogen-bond acceptors (Lipinski definition) is 1. The molecule has 1 aromatic rings. The van der Waals surface area contributed by atoms with Gasteiger partial charge in [0.1, 0.15) is 11.6 Å². The van der Waals surface area contributed by atoms with Crippen LogP contribution in [-0.4, -0.2) is 11.7 Å². The number of aliphatic hydroxyl groups excluding tert-OH is 1. The summed E-state index contributed by atoms with van der Waals surface area (Å²) in [5.74, 6) is -5.59. The highest BCUT2D eigenvalue weighted by molar-refractivity contribution is 5.28. The fourth-order valence-electron chi connectivity index (χ4n) is 1.20. The molecule has 0 radical (unpaired) electrons. The van der Waals surface area contributed by atoms with Crippen LogP contribution in [0.1, 0.15) is 17.5 Å². The first-order valence-corrected chi connectivity index (χ1v) is 4.33. The first-order chi connectivity index (χ1) is 6.88. The Morgan fingerprint density at radius 2 is 1.80 bits per heavy atom. The number of hydrogen-bond donors (Lipinski definition) is 1. The van der Waals surface area contributed by atoms with E-state index < -0.39 is 36.1 Å². The van der Waals surface area contributed by atoms with Gasteiger partial charge in [0.15, 0.2) is 0 Å². The van der Waals surface area contributed by atoms with E-state index >= 15 is 0 Å². The molecule has 0 bridgehead atoms. The quantitative estimate of drug-likeness (QED) is 0.779. The number of aryl methyl sites for hydroxylation is 1. The molecule has 84 valence electrons. The van der Waals surface area contributed by atoms with Crippen LogP contribution in [0.2, 0.25) is 0 Å². The van der Waals surface area contributed by atoms with Crippen molar-refractivity contribution < 1.29 is 22.7 Å². The Labute approximate surface area is 84.3 Å². The van der Waals surface area contributed by atoms with Crippen molar-refractivity contribution in [1.82, 2.24) is 0 Å². The van der Waals surface area contributed by atoms with Crippen molar-refractivity contribution in [2.75, 3.05) is 6.61 Å². The largest absolute Gasteiger partial charge is 0.396 e. The first-order valence-electron chi connectivity index (χ1n) is 4.33. The third-order valence-electron chi connectivity index (χ3n) is 2.07. The monoisotopic (exact) mass is 222 g/mol. The second-order valence-electron chi connectivity index (χ2n) is 3.26. The van der Waals surface area contributed by atoms with Gasteiger partial charge >= 0.3 is 0 Å². The fourth-order valence-corrected chi connectivity index (χ4v) is 1.20. The Balaban J connectivity index is 3.19. The molecule has 0 aliphatic rings. The molecule has 0 spiro atoms. The van der Waals surface area contributed by atoms with E-state index in [1.807, 2.05) is 0 Å². The van der Waals surface area contributed by atoms with Gasteiger partial charge in [-0.25, -0.2) is 17.6 Å². The molecule has 1 N–H and O–H groups in total. The first kappa shape index (κ1) is 12.0. The molecule has 0 unspecified atom stereocenters. The third-order valence-corrected chi connectivity index (χ3v) is 2.07. The summed E-state index contributed by atoms with van der Waals surface area (Å²) in [4.78, 5) is 0. The van der Waals surface area contributed by atoms with Gasteiger partial charge < -0.3 is 5.11 Å². The van der Waals surface area contributed by atoms with E-state index in [2.05, 4.69) is 0 Å². The van der Waals surface area contributed by atoms with Gasteiger partial charge in [0, 0.05) is 13.0 Å². The van der Waals surface area contributed by atoms with Crippen molar-refractivity contribution in [3.63, 3.8) is 0 Å². The smallest absolute Gasteiger partial charge is 0.278 e. The van der Waals surface area contributed by atoms with Crippen molar-refractivity contribution in [3.8, 4) is 0 Å². The van der Waals surface area contributed by atoms with E-state index in [0.717, 1.165) is 6.07 Å². The lowest BCUT2D eigenvalue weighted by Gasteiger charge is -2.16. The number of halogens is 4. The minimum atomic E-state index is -3.55. The lowest BCUT2D eigenvalue weighted by molar-refractivity contribution is -0.0302. The molecule has 1 nitrogen and oxygen atoms in total. The third kappa shape index (κ3) is 2.47. The molecule has 0 amide bonds. The fraction of sp³-hybridized carbons (Fsp3) is 0.400.